The lowest BCUT2D eigenvalue weighted by molar-refractivity contribution is 0.112. The van der Waals surface area contributed by atoms with E-state index in [-0.39, 0.29) is 5.15 Å². The molecule has 0 N–H and O–H groups in total. The summed E-state index contributed by atoms with van der Waals surface area (Å²) in [6, 6.07) is 8.87. The summed E-state index contributed by atoms with van der Waals surface area (Å²) in [5.41, 5.74) is 1.78. The number of carbonyl (C=O) groups is 1. The molecule has 0 aliphatic heterocycles. The van der Waals surface area contributed by atoms with Crippen LogP contribution in [0.25, 0.3) is 11.4 Å². The maximum absolute atomic E-state index is 10.5. The Morgan fingerprint density at radius 2 is 2.00 bits per heavy atom. The standard InChI is InChI=1S/C11H7ClN2O/c12-11-8(7-15)4-5-10(14-11)9-3-1-2-6-13-9/h1-7H. The molecule has 74 valence electrons. The molecule has 15 heavy (non-hydrogen) atoms. The number of hydrogen-bond acceptors (Lipinski definition) is 3. The molecule has 0 fully saturated rings. The molecule has 0 amide bonds. The average molecular weight is 219 g/mol. The fourth-order valence-electron chi connectivity index (χ4n) is 1.19. The second-order valence-electron chi connectivity index (χ2n) is 2.91. The van der Waals surface area contributed by atoms with Crippen molar-refractivity contribution in [1.82, 2.24) is 9.97 Å². The van der Waals surface area contributed by atoms with Gasteiger partial charge < -0.3 is 0 Å². The van der Waals surface area contributed by atoms with Crippen LogP contribution in [-0.2, 0) is 0 Å². The van der Waals surface area contributed by atoms with E-state index in [0.717, 1.165) is 5.69 Å². The number of rotatable bonds is 2. The van der Waals surface area contributed by atoms with E-state index in [0.29, 0.717) is 17.5 Å². The molecule has 0 saturated heterocycles. The fraction of sp³-hybridized carbons (Fsp3) is 0. The van der Waals surface area contributed by atoms with Crippen molar-refractivity contribution >= 4 is 17.9 Å². The molecule has 0 aliphatic carbocycles. The number of pyridine rings is 2. The van der Waals surface area contributed by atoms with Crippen molar-refractivity contribution < 1.29 is 4.79 Å². The second-order valence-corrected chi connectivity index (χ2v) is 3.27. The first-order chi connectivity index (χ1) is 7.31. The van der Waals surface area contributed by atoms with Crippen molar-refractivity contribution in [2.45, 2.75) is 0 Å². The van der Waals surface area contributed by atoms with Crippen LogP contribution in [0.4, 0.5) is 0 Å². The summed E-state index contributed by atoms with van der Waals surface area (Å²) >= 11 is 5.81. The molecule has 0 atom stereocenters. The molecule has 3 nitrogen and oxygen atoms in total. The lowest BCUT2D eigenvalue weighted by Gasteiger charge is -2.01. The predicted molar refractivity (Wildman–Crippen MR) is 57.9 cm³/mol. The number of nitrogens with zero attached hydrogens (tertiary/aromatic N) is 2. The van der Waals surface area contributed by atoms with Crippen molar-refractivity contribution in [1.29, 1.82) is 0 Å². The zero-order valence-corrected chi connectivity index (χ0v) is 8.48. The molecule has 0 aromatic carbocycles. The molecular formula is C11H7ClN2O. The van der Waals surface area contributed by atoms with E-state index in [1.54, 1.807) is 18.3 Å². The van der Waals surface area contributed by atoms with Crippen LogP contribution in [0.5, 0.6) is 0 Å². The number of carbonyl (C=O) groups excluding carboxylic acids is 1. The Kier molecular flexibility index (Phi) is 2.74. The second kappa shape index (κ2) is 4.19. The number of aldehydes is 1. The van der Waals surface area contributed by atoms with Gasteiger partial charge in [0.2, 0.25) is 0 Å². The first-order valence-corrected chi connectivity index (χ1v) is 4.72. The lowest BCUT2D eigenvalue weighted by atomic mass is 10.2. The lowest BCUT2D eigenvalue weighted by Crippen LogP contribution is -1.90. The van der Waals surface area contributed by atoms with Gasteiger partial charge in [0.25, 0.3) is 0 Å². The molecule has 0 radical (unpaired) electrons. The zero-order valence-electron chi connectivity index (χ0n) is 7.72. The number of aromatic nitrogens is 2. The van der Waals surface area contributed by atoms with Crippen LogP contribution in [0.2, 0.25) is 5.15 Å². The molecule has 0 spiro atoms. The van der Waals surface area contributed by atoms with Crippen LogP contribution in [-0.4, -0.2) is 16.3 Å². The smallest absolute Gasteiger partial charge is 0.153 e. The normalized spacial score (nSPS) is 9.93. The van der Waals surface area contributed by atoms with Crippen LogP contribution >= 0.6 is 11.6 Å². The first kappa shape index (κ1) is 9.80. The maximum Gasteiger partial charge on any atom is 0.153 e. The van der Waals surface area contributed by atoms with Gasteiger partial charge in [0.05, 0.1) is 17.0 Å². The highest BCUT2D eigenvalue weighted by Crippen LogP contribution is 2.18. The Bertz CT molecular complexity index is 485. The highest BCUT2D eigenvalue weighted by Gasteiger charge is 2.04. The number of hydrogen-bond donors (Lipinski definition) is 0. The van der Waals surface area contributed by atoms with Gasteiger partial charge >= 0.3 is 0 Å². The van der Waals surface area contributed by atoms with E-state index >= 15 is 0 Å². The quantitative estimate of drug-likeness (QED) is 0.575. The highest BCUT2D eigenvalue weighted by molar-refractivity contribution is 6.31. The molecular weight excluding hydrogens is 212 g/mol. The molecule has 2 rings (SSSR count). The van der Waals surface area contributed by atoms with Crippen LogP contribution in [0.1, 0.15) is 10.4 Å². The van der Waals surface area contributed by atoms with Crippen LogP contribution < -0.4 is 0 Å². The zero-order chi connectivity index (χ0) is 10.7. The average Bonchev–Trinajstić information content (AvgIpc) is 2.30. The van der Waals surface area contributed by atoms with Gasteiger partial charge in [-0.3, -0.25) is 9.78 Å². The first-order valence-electron chi connectivity index (χ1n) is 4.34. The Hall–Kier alpha value is -1.74. The Balaban J connectivity index is 2.47. The van der Waals surface area contributed by atoms with Gasteiger partial charge in [0.1, 0.15) is 5.15 Å². The van der Waals surface area contributed by atoms with Gasteiger partial charge in [-0.2, -0.15) is 0 Å². The van der Waals surface area contributed by atoms with Gasteiger partial charge in [-0.15, -0.1) is 0 Å². The fourth-order valence-corrected chi connectivity index (χ4v) is 1.39. The monoisotopic (exact) mass is 218 g/mol. The van der Waals surface area contributed by atoms with Crippen molar-refractivity contribution in [2.24, 2.45) is 0 Å². The predicted octanol–water partition coefficient (Wildman–Crippen LogP) is 2.61. The summed E-state index contributed by atoms with van der Waals surface area (Å²) in [6.45, 7) is 0. The van der Waals surface area contributed by atoms with Gasteiger partial charge in [-0.1, -0.05) is 17.7 Å². The van der Waals surface area contributed by atoms with Crippen LogP contribution in [0.15, 0.2) is 36.5 Å². The minimum atomic E-state index is 0.202. The SMILES string of the molecule is O=Cc1ccc(-c2ccccn2)nc1Cl. The van der Waals surface area contributed by atoms with Crippen molar-refractivity contribution in [3.63, 3.8) is 0 Å². The highest BCUT2D eigenvalue weighted by atomic mass is 35.5. The Morgan fingerprint density at radius 3 is 2.60 bits per heavy atom. The maximum atomic E-state index is 10.5. The third-order valence-corrected chi connectivity index (χ3v) is 2.23. The summed E-state index contributed by atoms with van der Waals surface area (Å²) in [7, 11) is 0. The van der Waals surface area contributed by atoms with E-state index in [9.17, 15) is 4.79 Å². The van der Waals surface area contributed by atoms with Gasteiger partial charge in [0, 0.05) is 6.20 Å². The minimum absolute atomic E-state index is 0.202. The molecule has 0 aliphatic rings. The van der Waals surface area contributed by atoms with Crippen molar-refractivity contribution in [2.75, 3.05) is 0 Å². The van der Waals surface area contributed by atoms with Gasteiger partial charge in [0.15, 0.2) is 6.29 Å². The molecule has 0 bridgehead atoms. The van der Waals surface area contributed by atoms with Crippen LogP contribution in [0.3, 0.4) is 0 Å². The van der Waals surface area contributed by atoms with E-state index in [4.69, 9.17) is 11.6 Å². The minimum Gasteiger partial charge on any atom is -0.298 e. The van der Waals surface area contributed by atoms with E-state index in [1.807, 2.05) is 18.2 Å². The molecule has 0 saturated carbocycles. The van der Waals surface area contributed by atoms with Gasteiger partial charge in [-0.25, -0.2) is 4.98 Å². The summed E-state index contributed by atoms with van der Waals surface area (Å²) < 4.78 is 0. The summed E-state index contributed by atoms with van der Waals surface area (Å²) in [5.74, 6) is 0. The molecule has 2 aromatic heterocycles. The molecule has 0 unspecified atom stereocenters. The molecule has 4 heteroatoms. The Morgan fingerprint density at radius 1 is 1.13 bits per heavy atom. The van der Waals surface area contributed by atoms with E-state index in [2.05, 4.69) is 9.97 Å². The molecule has 2 heterocycles. The Labute approximate surface area is 91.8 Å². The van der Waals surface area contributed by atoms with E-state index in [1.165, 1.54) is 0 Å². The van der Waals surface area contributed by atoms with Crippen molar-refractivity contribution in [3.8, 4) is 11.4 Å². The summed E-state index contributed by atoms with van der Waals surface area (Å²) in [4.78, 5) is 18.8. The topological polar surface area (TPSA) is 42.9 Å². The van der Waals surface area contributed by atoms with E-state index < -0.39 is 0 Å². The third-order valence-electron chi connectivity index (χ3n) is 1.93. The van der Waals surface area contributed by atoms with Gasteiger partial charge in [-0.05, 0) is 24.3 Å². The summed E-state index contributed by atoms with van der Waals surface area (Å²) in [6.07, 6.45) is 2.36. The van der Waals surface area contributed by atoms with Crippen LogP contribution in [0, 0.1) is 0 Å². The third kappa shape index (κ3) is 2.02. The summed E-state index contributed by atoms with van der Waals surface area (Å²) in [5, 5.41) is 0.202. The molecule has 2 aromatic rings. The largest absolute Gasteiger partial charge is 0.298 e. The number of halogens is 1. The van der Waals surface area contributed by atoms with Crippen molar-refractivity contribution in [3.05, 3.63) is 47.2 Å².